The van der Waals surface area contributed by atoms with Crippen LogP contribution in [-0.2, 0) is 20.8 Å². The van der Waals surface area contributed by atoms with Gasteiger partial charge in [-0.2, -0.15) is 9.97 Å². The maximum Gasteiger partial charge on any atom is 0.327 e. The number of rotatable bonds is 12. The molecule has 178 valence electrons. The molecule has 1 fully saturated rings. The predicted molar refractivity (Wildman–Crippen MR) is 120 cm³/mol. The smallest absolute Gasteiger partial charge is 0.327 e. The number of unbranched alkanes of at least 4 members (excludes halogenated alkanes) is 1. The van der Waals surface area contributed by atoms with Gasteiger partial charge in [-0.1, -0.05) is 13.3 Å². The Bertz CT molecular complexity index is 935. The van der Waals surface area contributed by atoms with Crippen molar-refractivity contribution in [2.24, 2.45) is 5.92 Å². The Balaban J connectivity index is 1.45. The molecule has 2 aromatic heterocycles. The molecular weight excluding hydrogens is 416 g/mol. The second kappa shape index (κ2) is 11.8. The summed E-state index contributed by atoms with van der Waals surface area (Å²) in [4.78, 5) is 37.1. The van der Waals surface area contributed by atoms with E-state index in [1.807, 2.05) is 0 Å². The molecule has 1 aliphatic rings. The summed E-state index contributed by atoms with van der Waals surface area (Å²) in [6.45, 7) is 6.36. The molecule has 2 aromatic rings. The number of aromatic amines is 1. The number of aryl methyl sites for hydroxylation is 1. The first-order chi connectivity index (χ1) is 15.5. The van der Waals surface area contributed by atoms with Gasteiger partial charge in [0.25, 0.3) is 0 Å². The van der Waals surface area contributed by atoms with Crippen molar-refractivity contribution < 1.29 is 19.0 Å². The van der Waals surface area contributed by atoms with Gasteiger partial charge in [0.15, 0.2) is 11.5 Å². The number of anilines is 1. The zero-order chi connectivity index (χ0) is 22.9. The van der Waals surface area contributed by atoms with Gasteiger partial charge in [-0.15, -0.1) is 0 Å². The highest BCUT2D eigenvalue weighted by Crippen LogP contribution is 2.19. The number of H-pyrrole nitrogens is 1. The third-order valence-electron chi connectivity index (χ3n) is 5.67. The van der Waals surface area contributed by atoms with E-state index in [-0.39, 0.29) is 23.5 Å². The maximum atomic E-state index is 12.4. The number of nitrogens with zero attached hydrogens (tertiary/aromatic N) is 4. The topological polar surface area (TPSA) is 138 Å². The number of likely N-dealkylation sites (tertiary alicyclic amines) is 1. The fourth-order valence-electron chi connectivity index (χ4n) is 3.74. The molecule has 0 spiro atoms. The van der Waals surface area contributed by atoms with Crippen molar-refractivity contribution in [1.82, 2.24) is 24.4 Å². The monoisotopic (exact) mass is 450 g/mol. The normalized spacial score (nSPS) is 15.3. The average Bonchev–Trinajstić information content (AvgIpc) is 3.10. The number of nitrogens with two attached hydrogens (primary N) is 1. The predicted octanol–water partition coefficient (Wildman–Crippen LogP) is 1.17. The van der Waals surface area contributed by atoms with Crippen molar-refractivity contribution in [1.29, 1.82) is 0 Å². The van der Waals surface area contributed by atoms with Crippen LogP contribution in [0.4, 0.5) is 5.82 Å². The first-order valence-electron chi connectivity index (χ1n) is 11.3. The summed E-state index contributed by atoms with van der Waals surface area (Å²) < 4.78 is 17.7. The highest BCUT2D eigenvalue weighted by atomic mass is 16.5. The van der Waals surface area contributed by atoms with Crippen molar-refractivity contribution in [2.75, 3.05) is 52.3 Å². The van der Waals surface area contributed by atoms with E-state index in [1.54, 1.807) is 4.57 Å². The van der Waals surface area contributed by atoms with Crippen LogP contribution in [0.15, 0.2) is 4.79 Å². The number of methoxy groups -OCH3 is 1. The molecule has 0 radical (unpaired) electrons. The van der Waals surface area contributed by atoms with Crippen LogP contribution in [0.1, 0.15) is 39.0 Å². The minimum atomic E-state index is -0.273. The zero-order valence-corrected chi connectivity index (χ0v) is 19.0. The Morgan fingerprint density at radius 2 is 2.00 bits per heavy atom. The largest absolute Gasteiger partial charge is 0.468 e. The second-order valence-corrected chi connectivity index (χ2v) is 8.10. The molecule has 0 atom stereocenters. The van der Waals surface area contributed by atoms with Gasteiger partial charge in [-0.05, 0) is 44.7 Å². The van der Waals surface area contributed by atoms with Crippen LogP contribution in [0.2, 0.25) is 0 Å². The fraction of sp³-hybridized carbons (Fsp3) is 0.714. The molecule has 32 heavy (non-hydrogen) atoms. The third kappa shape index (κ3) is 6.42. The van der Waals surface area contributed by atoms with Crippen LogP contribution in [0.5, 0.6) is 6.01 Å². The molecule has 3 rings (SSSR count). The van der Waals surface area contributed by atoms with E-state index < -0.39 is 0 Å². The number of ether oxygens (including phenoxy) is 3. The van der Waals surface area contributed by atoms with Crippen LogP contribution in [-0.4, -0.2) is 77.0 Å². The highest BCUT2D eigenvalue weighted by Gasteiger charge is 2.21. The summed E-state index contributed by atoms with van der Waals surface area (Å²) in [7, 11) is 1.41. The zero-order valence-electron chi connectivity index (χ0n) is 19.0. The van der Waals surface area contributed by atoms with Crippen molar-refractivity contribution in [3.05, 3.63) is 10.5 Å². The summed E-state index contributed by atoms with van der Waals surface area (Å²) >= 11 is 0. The molecule has 0 amide bonds. The number of nitrogens with one attached hydrogen (secondary N) is 1. The highest BCUT2D eigenvalue weighted by molar-refractivity contribution is 5.81. The Hall–Kier alpha value is -2.66. The van der Waals surface area contributed by atoms with Gasteiger partial charge in [0.05, 0.1) is 20.3 Å². The molecule has 0 aromatic carbocycles. The molecule has 1 saturated heterocycles. The van der Waals surface area contributed by atoms with E-state index in [0.29, 0.717) is 56.4 Å². The van der Waals surface area contributed by atoms with E-state index in [1.165, 1.54) is 7.11 Å². The third-order valence-corrected chi connectivity index (χ3v) is 5.67. The molecule has 0 saturated carbocycles. The maximum absolute atomic E-state index is 12.4. The molecule has 11 nitrogen and oxygen atoms in total. The lowest BCUT2D eigenvalue weighted by Gasteiger charge is -2.30. The van der Waals surface area contributed by atoms with Crippen molar-refractivity contribution in [2.45, 2.75) is 45.6 Å². The first kappa shape index (κ1) is 24.0. The number of hydrogen-bond donors (Lipinski definition) is 2. The standard InChI is InChI=1S/C21H34N6O5/c1-3-4-12-32-20-24-18(22)17-19(25-20)27(21(29)23-17)8-5-11-31-14-15-6-9-26(10-7-15)13-16(28)30-2/h15H,3-14H2,1-2H3,(H,23,29)(H2,22,24,25). The van der Waals surface area contributed by atoms with E-state index in [0.717, 1.165) is 38.8 Å². The quantitative estimate of drug-likeness (QED) is 0.360. The van der Waals surface area contributed by atoms with Crippen LogP contribution < -0.4 is 16.2 Å². The van der Waals surface area contributed by atoms with E-state index in [4.69, 9.17) is 19.9 Å². The van der Waals surface area contributed by atoms with E-state index in [9.17, 15) is 9.59 Å². The summed E-state index contributed by atoms with van der Waals surface area (Å²) in [6, 6.07) is 0.186. The minimum Gasteiger partial charge on any atom is -0.468 e. The summed E-state index contributed by atoms with van der Waals surface area (Å²) in [5, 5.41) is 0. The number of piperidine rings is 1. The molecule has 3 heterocycles. The van der Waals surface area contributed by atoms with Gasteiger partial charge in [0.2, 0.25) is 0 Å². The van der Waals surface area contributed by atoms with Gasteiger partial charge in [0, 0.05) is 19.8 Å². The number of fused-ring (bicyclic) bond motifs is 1. The van der Waals surface area contributed by atoms with Gasteiger partial charge in [0.1, 0.15) is 5.52 Å². The molecule has 0 bridgehead atoms. The lowest BCUT2D eigenvalue weighted by molar-refractivity contribution is -0.142. The fourth-order valence-corrected chi connectivity index (χ4v) is 3.74. The molecular formula is C21H34N6O5. The van der Waals surface area contributed by atoms with Crippen molar-refractivity contribution in [3.8, 4) is 6.01 Å². The molecule has 11 heteroatoms. The summed E-state index contributed by atoms with van der Waals surface area (Å²) in [5.74, 6) is 0.487. The SMILES string of the molecule is CCCCOc1nc(N)c2[nH]c(=O)n(CCCOCC3CCN(CC(=O)OC)CC3)c2n1. The Morgan fingerprint density at radius 3 is 2.72 bits per heavy atom. The molecule has 1 aliphatic heterocycles. The Kier molecular flexibility index (Phi) is 8.86. The van der Waals surface area contributed by atoms with Gasteiger partial charge < -0.3 is 24.9 Å². The van der Waals surface area contributed by atoms with Crippen LogP contribution >= 0.6 is 0 Å². The Morgan fingerprint density at radius 1 is 1.22 bits per heavy atom. The average molecular weight is 451 g/mol. The number of esters is 1. The van der Waals surface area contributed by atoms with E-state index in [2.05, 4.69) is 26.8 Å². The van der Waals surface area contributed by atoms with Gasteiger partial charge >= 0.3 is 17.7 Å². The van der Waals surface area contributed by atoms with E-state index >= 15 is 0 Å². The lowest BCUT2D eigenvalue weighted by Crippen LogP contribution is -2.38. The van der Waals surface area contributed by atoms with Crippen LogP contribution in [0.3, 0.4) is 0 Å². The van der Waals surface area contributed by atoms with Crippen LogP contribution in [0, 0.1) is 5.92 Å². The number of nitrogen functional groups attached to an aromatic ring is 1. The summed E-state index contributed by atoms with van der Waals surface area (Å²) in [5.41, 5.74) is 6.58. The molecule has 3 N–H and O–H groups in total. The lowest BCUT2D eigenvalue weighted by atomic mass is 9.98. The second-order valence-electron chi connectivity index (χ2n) is 8.10. The number of hydrogen-bond acceptors (Lipinski definition) is 9. The number of imidazole rings is 1. The summed E-state index contributed by atoms with van der Waals surface area (Å²) in [6.07, 6.45) is 4.55. The van der Waals surface area contributed by atoms with Gasteiger partial charge in [-0.25, -0.2) is 4.79 Å². The van der Waals surface area contributed by atoms with Crippen molar-refractivity contribution >= 4 is 23.0 Å². The molecule has 0 aliphatic carbocycles. The molecule has 0 unspecified atom stereocenters. The Labute approximate surface area is 187 Å². The van der Waals surface area contributed by atoms with Crippen LogP contribution in [0.25, 0.3) is 11.2 Å². The number of carbonyl (C=O) groups is 1. The first-order valence-corrected chi connectivity index (χ1v) is 11.3. The number of aromatic nitrogens is 4. The van der Waals surface area contributed by atoms with Crippen molar-refractivity contribution in [3.63, 3.8) is 0 Å². The number of carbonyl (C=O) groups excluding carboxylic acids is 1. The van der Waals surface area contributed by atoms with Gasteiger partial charge in [-0.3, -0.25) is 14.3 Å². The minimum absolute atomic E-state index is 0.186.